The predicted molar refractivity (Wildman–Crippen MR) is 68.5 cm³/mol. The Morgan fingerprint density at radius 3 is 2.47 bits per heavy atom. The summed E-state index contributed by atoms with van der Waals surface area (Å²) in [6, 6.07) is 0. The van der Waals surface area contributed by atoms with Crippen molar-refractivity contribution in [3.8, 4) is 0 Å². The van der Waals surface area contributed by atoms with Crippen molar-refractivity contribution < 1.29 is 14.3 Å². The van der Waals surface area contributed by atoms with Crippen LogP contribution in [0.15, 0.2) is 11.8 Å². The van der Waals surface area contributed by atoms with Crippen molar-refractivity contribution in [2.24, 2.45) is 5.73 Å². The summed E-state index contributed by atoms with van der Waals surface area (Å²) in [5.74, 6) is -0.406. The second-order valence-electron chi connectivity index (χ2n) is 4.08. The summed E-state index contributed by atoms with van der Waals surface area (Å²) in [5.41, 5.74) is 5.78. The van der Waals surface area contributed by atoms with Crippen molar-refractivity contribution in [1.82, 2.24) is 0 Å². The number of hydrogen-bond donors (Lipinski definition) is 1. The van der Waals surface area contributed by atoms with E-state index in [4.69, 9.17) is 15.2 Å². The van der Waals surface area contributed by atoms with Gasteiger partial charge in [-0.25, -0.2) is 4.79 Å². The van der Waals surface area contributed by atoms with Gasteiger partial charge in [0.25, 0.3) is 0 Å². The monoisotopic (exact) mass is 243 g/mol. The third-order valence-corrected chi connectivity index (χ3v) is 2.21. The van der Waals surface area contributed by atoms with Crippen molar-refractivity contribution in [2.45, 2.75) is 46.0 Å². The Bertz CT molecular complexity index is 223. The highest BCUT2D eigenvalue weighted by Crippen LogP contribution is 2.02. The van der Waals surface area contributed by atoms with Crippen LogP contribution < -0.4 is 5.73 Å². The first-order valence-corrected chi connectivity index (χ1v) is 6.35. The summed E-state index contributed by atoms with van der Waals surface area (Å²) >= 11 is 0. The second kappa shape index (κ2) is 11.5. The number of allylic oxidation sites excluding steroid dienone is 1. The van der Waals surface area contributed by atoms with E-state index in [-0.39, 0.29) is 6.61 Å². The Hall–Kier alpha value is -1.03. The third-order valence-electron chi connectivity index (χ3n) is 2.21. The second-order valence-corrected chi connectivity index (χ2v) is 4.08. The number of unbranched alkanes of at least 4 members (excludes halogenated alkanes) is 4. The molecule has 0 amide bonds. The number of nitrogens with two attached hydrogens (primary N) is 1. The molecule has 0 aromatic rings. The van der Waals surface area contributed by atoms with Gasteiger partial charge in [0.1, 0.15) is 6.61 Å². The van der Waals surface area contributed by atoms with Crippen LogP contribution >= 0.6 is 0 Å². The molecule has 0 aromatic heterocycles. The molecule has 0 aliphatic rings. The molecule has 0 aliphatic heterocycles. The molecule has 0 unspecified atom stereocenters. The minimum Gasteiger partial charge on any atom is -0.460 e. The average Bonchev–Trinajstić information content (AvgIpc) is 2.26. The molecule has 0 fully saturated rings. The van der Waals surface area contributed by atoms with Crippen LogP contribution in [0.1, 0.15) is 46.0 Å². The van der Waals surface area contributed by atoms with Gasteiger partial charge >= 0.3 is 5.97 Å². The molecule has 4 heteroatoms. The molecular formula is C13H25NO3. The van der Waals surface area contributed by atoms with E-state index in [1.807, 2.05) is 0 Å². The van der Waals surface area contributed by atoms with E-state index < -0.39 is 5.97 Å². The summed E-state index contributed by atoms with van der Waals surface area (Å²) < 4.78 is 10.2. The summed E-state index contributed by atoms with van der Waals surface area (Å²) in [7, 11) is 0. The lowest BCUT2D eigenvalue weighted by Gasteiger charge is -2.04. The van der Waals surface area contributed by atoms with Gasteiger partial charge in [-0.3, -0.25) is 0 Å². The minimum absolute atomic E-state index is 0.289. The lowest BCUT2D eigenvalue weighted by atomic mass is 10.2. The fourth-order valence-corrected chi connectivity index (χ4v) is 1.34. The van der Waals surface area contributed by atoms with Crippen molar-refractivity contribution in [3.63, 3.8) is 0 Å². The molecule has 17 heavy (non-hydrogen) atoms. The first-order valence-electron chi connectivity index (χ1n) is 6.35. The topological polar surface area (TPSA) is 61.5 Å². The van der Waals surface area contributed by atoms with Gasteiger partial charge in [-0.15, -0.1) is 0 Å². The van der Waals surface area contributed by atoms with Gasteiger partial charge in [-0.2, -0.15) is 0 Å². The van der Waals surface area contributed by atoms with E-state index in [2.05, 4.69) is 6.92 Å². The molecule has 2 N–H and O–H groups in total. The molecule has 0 heterocycles. The quantitative estimate of drug-likeness (QED) is 0.363. The Morgan fingerprint density at radius 1 is 1.12 bits per heavy atom. The van der Waals surface area contributed by atoms with Gasteiger partial charge in [-0.05, 0) is 13.3 Å². The normalized spacial score (nSPS) is 11.5. The maximum absolute atomic E-state index is 11.0. The largest absolute Gasteiger partial charge is 0.460 e. The average molecular weight is 243 g/mol. The maximum Gasteiger partial charge on any atom is 0.332 e. The van der Waals surface area contributed by atoms with Crippen molar-refractivity contribution in [2.75, 3.05) is 19.8 Å². The highest BCUT2D eigenvalue weighted by Gasteiger charge is 1.97. The van der Waals surface area contributed by atoms with Crippen LogP contribution in [0.4, 0.5) is 0 Å². The predicted octanol–water partition coefficient (Wildman–Crippen LogP) is 2.38. The van der Waals surface area contributed by atoms with Gasteiger partial charge in [0.15, 0.2) is 0 Å². The third kappa shape index (κ3) is 12.9. The highest BCUT2D eigenvalue weighted by atomic mass is 16.6. The Kier molecular flexibility index (Phi) is 10.8. The van der Waals surface area contributed by atoms with Crippen LogP contribution in [-0.2, 0) is 14.3 Å². The number of esters is 1. The van der Waals surface area contributed by atoms with Crippen LogP contribution in [0.25, 0.3) is 0 Å². The molecule has 0 rings (SSSR count). The fourth-order valence-electron chi connectivity index (χ4n) is 1.34. The molecule has 0 atom stereocenters. The van der Waals surface area contributed by atoms with Crippen LogP contribution in [0, 0.1) is 0 Å². The summed E-state index contributed by atoms with van der Waals surface area (Å²) in [6.07, 6.45) is 7.38. The molecule has 0 aliphatic carbocycles. The lowest BCUT2D eigenvalue weighted by molar-refractivity contribution is -0.139. The Balaban J connectivity index is 3.18. The van der Waals surface area contributed by atoms with Crippen molar-refractivity contribution in [3.05, 3.63) is 11.8 Å². The summed E-state index contributed by atoms with van der Waals surface area (Å²) in [4.78, 5) is 11.0. The molecule has 0 saturated carbocycles. The van der Waals surface area contributed by atoms with E-state index in [9.17, 15) is 4.79 Å². The summed E-state index contributed by atoms with van der Waals surface area (Å²) in [5, 5.41) is 0. The zero-order valence-corrected chi connectivity index (χ0v) is 11.0. The molecule has 0 spiro atoms. The molecule has 4 nitrogen and oxygen atoms in total. The van der Waals surface area contributed by atoms with Crippen LogP contribution in [0.3, 0.4) is 0 Å². The van der Waals surface area contributed by atoms with E-state index in [0.29, 0.717) is 12.3 Å². The number of hydrogen-bond acceptors (Lipinski definition) is 4. The zero-order valence-electron chi connectivity index (χ0n) is 11.0. The molecule has 0 saturated heterocycles. The number of carbonyl (C=O) groups is 1. The van der Waals surface area contributed by atoms with Crippen LogP contribution in [0.5, 0.6) is 0 Å². The fraction of sp³-hybridized carbons (Fsp3) is 0.769. The Morgan fingerprint density at radius 2 is 1.82 bits per heavy atom. The standard InChI is InChI=1S/C13H25NO3/c1-3-4-5-6-7-8-16-9-10-17-13(15)11-12(2)14/h11H,3-10,14H2,1-2H3. The zero-order chi connectivity index (χ0) is 12.9. The maximum atomic E-state index is 11.0. The molecular weight excluding hydrogens is 218 g/mol. The molecule has 100 valence electrons. The van der Waals surface area contributed by atoms with E-state index >= 15 is 0 Å². The Labute approximate surface area is 104 Å². The SMILES string of the molecule is CCCCCCCOCCOC(=O)C=C(C)N. The highest BCUT2D eigenvalue weighted by molar-refractivity contribution is 5.82. The number of carbonyl (C=O) groups excluding carboxylic acids is 1. The van der Waals surface area contributed by atoms with Gasteiger partial charge in [-0.1, -0.05) is 32.6 Å². The summed E-state index contributed by atoms with van der Waals surface area (Å²) in [6.45, 7) is 5.33. The molecule has 0 bridgehead atoms. The van der Waals surface area contributed by atoms with Gasteiger partial charge in [0.05, 0.1) is 6.61 Å². The van der Waals surface area contributed by atoms with Gasteiger partial charge in [0, 0.05) is 18.4 Å². The van der Waals surface area contributed by atoms with E-state index in [1.165, 1.54) is 31.8 Å². The smallest absolute Gasteiger partial charge is 0.332 e. The van der Waals surface area contributed by atoms with Gasteiger partial charge < -0.3 is 15.2 Å². The minimum atomic E-state index is -0.406. The number of ether oxygens (including phenoxy) is 2. The van der Waals surface area contributed by atoms with E-state index in [1.54, 1.807) is 6.92 Å². The number of rotatable bonds is 10. The van der Waals surface area contributed by atoms with E-state index in [0.717, 1.165) is 13.0 Å². The van der Waals surface area contributed by atoms with Crippen LogP contribution in [0.2, 0.25) is 0 Å². The first kappa shape index (κ1) is 16.0. The lowest BCUT2D eigenvalue weighted by Crippen LogP contribution is -2.10. The van der Waals surface area contributed by atoms with Crippen molar-refractivity contribution >= 4 is 5.97 Å². The molecule has 0 aromatic carbocycles. The first-order chi connectivity index (χ1) is 8.16. The van der Waals surface area contributed by atoms with Crippen molar-refractivity contribution in [1.29, 1.82) is 0 Å². The molecule has 0 radical (unpaired) electrons. The van der Waals surface area contributed by atoms with Gasteiger partial charge in [0.2, 0.25) is 0 Å². The van der Waals surface area contributed by atoms with Crippen LogP contribution in [-0.4, -0.2) is 25.8 Å².